The van der Waals surface area contributed by atoms with Gasteiger partial charge >= 0.3 is 8.25 Å². The lowest BCUT2D eigenvalue weighted by molar-refractivity contribution is -0.0166. The van der Waals surface area contributed by atoms with Crippen LogP contribution in [0, 0.1) is 0 Å². The highest BCUT2D eigenvalue weighted by Crippen LogP contribution is 2.32. The van der Waals surface area contributed by atoms with Gasteiger partial charge in [0.2, 0.25) is 0 Å². The monoisotopic (exact) mass is 313 g/mol. The Bertz CT molecular complexity index is 714. The molecule has 3 atom stereocenters. The van der Waals surface area contributed by atoms with E-state index in [9.17, 15) is 9.36 Å². The quantitative estimate of drug-likeness (QED) is 0.824. The second-order valence-corrected chi connectivity index (χ2v) is 5.62. The zero-order chi connectivity index (χ0) is 14.8. The zero-order valence-electron chi connectivity index (χ0n) is 11.3. The van der Waals surface area contributed by atoms with Gasteiger partial charge in [0.15, 0.2) is 11.2 Å². The van der Waals surface area contributed by atoms with Crippen LogP contribution >= 0.6 is 8.25 Å². The Labute approximate surface area is 120 Å². The van der Waals surface area contributed by atoms with Gasteiger partial charge in [-0.3, -0.25) is 9.36 Å². The Morgan fingerprint density at radius 1 is 1.52 bits per heavy atom. The molecular formula is C11H14N4O5P+. The van der Waals surface area contributed by atoms with Crippen molar-refractivity contribution in [3.8, 4) is 0 Å². The van der Waals surface area contributed by atoms with E-state index in [0.717, 1.165) is 12.8 Å². The minimum atomic E-state index is -2.09. The van der Waals surface area contributed by atoms with Crippen LogP contribution in [-0.4, -0.2) is 39.3 Å². The summed E-state index contributed by atoms with van der Waals surface area (Å²) in [5.74, 6) is 0. The summed E-state index contributed by atoms with van der Waals surface area (Å²) < 4.78 is 28.2. The molecule has 1 aliphatic rings. The highest BCUT2D eigenvalue weighted by atomic mass is 31.1. The minimum Gasteiger partial charge on any atom is -0.352 e. The predicted molar refractivity (Wildman–Crippen MR) is 71.9 cm³/mol. The van der Waals surface area contributed by atoms with Crippen molar-refractivity contribution in [3.05, 3.63) is 23.0 Å². The topological polar surface area (TPSA) is 108 Å². The average Bonchev–Trinajstić information content (AvgIpc) is 3.11. The first-order chi connectivity index (χ1) is 10.2. The lowest BCUT2D eigenvalue weighted by atomic mass is 10.2. The number of aromatic nitrogens is 4. The van der Waals surface area contributed by atoms with Crippen molar-refractivity contribution in [2.24, 2.45) is 0 Å². The van der Waals surface area contributed by atoms with E-state index in [0.29, 0.717) is 5.65 Å². The molecule has 0 aromatic carbocycles. The number of nitrogens with zero attached hydrogens (tertiary/aromatic N) is 3. The van der Waals surface area contributed by atoms with Gasteiger partial charge in [0, 0.05) is 4.57 Å². The van der Waals surface area contributed by atoms with Crippen molar-refractivity contribution in [1.29, 1.82) is 0 Å². The molecule has 0 saturated carbocycles. The number of hydrogen-bond acceptors (Lipinski definition) is 7. The maximum absolute atomic E-state index is 11.6. The Morgan fingerprint density at radius 3 is 3.19 bits per heavy atom. The first-order valence-corrected chi connectivity index (χ1v) is 7.48. The Balaban J connectivity index is 1.72. The molecule has 0 radical (unpaired) electrons. The molecule has 1 aliphatic heterocycles. The van der Waals surface area contributed by atoms with E-state index in [1.807, 2.05) is 0 Å². The highest BCUT2D eigenvalue weighted by molar-refractivity contribution is 7.33. The van der Waals surface area contributed by atoms with E-state index in [2.05, 4.69) is 19.5 Å². The van der Waals surface area contributed by atoms with Crippen molar-refractivity contribution in [2.45, 2.75) is 25.2 Å². The minimum absolute atomic E-state index is 0.177. The summed E-state index contributed by atoms with van der Waals surface area (Å²) in [4.78, 5) is 22.3. The van der Waals surface area contributed by atoms with E-state index in [1.165, 1.54) is 19.8 Å². The lowest BCUT2D eigenvalue weighted by Crippen LogP contribution is -2.15. The fraction of sp³-hybridized carbons (Fsp3) is 0.545. The van der Waals surface area contributed by atoms with E-state index in [1.54, 1.807) is 4.57 Å². The van der Waals surface area contributed by atoms with Gasteiger partial charge < -0.3 is 9.72 Å². The van der Waals surface area contributed by atoms with Gasteiger partial charge in [0.05, 0.1) is 25.9 Å². The van der Waals surface area contributed by atoms with Crippen LogP contribution in [0.1, 0.15) is 19.1 Å². The van der Waals surface area contributed by atoms with Crippen molar-refractivity contribution >= 4 is 19.4 Å². The second-order valence-electron chi connectivity index (χ2n) is 4.55. The van der Waals surface area contributed by atoms with Crippen LogP contribution in [0.15, 0.2) is 17.4 Å². The number of aromatic amines is 1. The predicted octanol–water partition coefficient (Wildman–Crippen LogP) is 1.12. The van der Waals surface area contributed by atoms with E-state index in [4.69, 9.17) is 9.26 Å². The van der Waals surface area contributed by atoms with Gasteiger partial charge in [-0.25, -0.2) is 9.97 Å². The molecule has 1 saturated heterocycles. The number of hydrogen-bond donors (Lipinski definition) is 1. The number of H-pyrrole nitrogens is 1. The third kappa shape index (κ3) is 2.86. The molecule has 112 valence electrons. The summed E-state index contributed by atoms with van der Waals surface area (Å²) in [6.45, 7) is 0.195. The van der Waals surface area contributed by atoms with Gasteiger partial charge in [-0.05, 0) is 12.8 Å². The molecule has 0 bridgehead atoms. The van der Waals surface area contributed by atoms with Gasteiger partial charge in [0.25, 0.3) is 5.56 Å². The number of nitrogens with one attached hydrogen (secondary N) is 1. The molecule has 0 spiro atoms. The molecule has 0 aliphatic carbocycles. The summed E-state index contributed by atoms with van der Waals surface area (Å²) in [6.07, 6.45) is 3.91. The van der Waals surface area contributed by atoms with Crippen molar-refractivity contribution in [2.75, 3.05) is 13.7 Å². The Kier molecular flexibility index (Phi) is 4.07. The summed E-state index contributed by atoms with van der Waals surface area (Å²) in [5.41, 5.74) is 0.477. The average molecular weight is 313 g/mol. The second kappa shape index (κ2) is 5.98. The fourth-order valence-electron chi connectivity index (χ4n) is 2.28. The molecule has 1 N–H and O–H groups in total. The largest absolute Gasteiger partial charge is 0.697 e. The fourth-order valence-corrected chi connectivity index (χ4v) is 2.68. The van der Waals surface area contributed by atoms with Crippen molar-refractivity contribution in [3.63, 3.8) is 0 Å². The summed E-state index contributed by atoms with van der Waals surface area (Å²) in [6, 6.07) is 0. The highest BCUT2D eigenvalue weighted by Gasteiger charge is 2.31. The first-order valence-electron chi connectivity index (χ1n) is 6.39. The van der Waals surface area contributed by atoms with Gasteiger partial charge in [0.1, 0.15) is 12.8 Å². The molecule has 9 nitrogen and oxygen atoms in total. The molecule has 1 fully saturated rings. The van der Waals surface area contributed by atoms with E-state index in [-0.39, 0.29) is 30.0 Å². The third-order valence-corrected chi connectivity index (χ3v) is 3.93. The van der Waals surface area contributed by atoms with Crippen LogP contribution in [-0.2, 0) is 18.3 Å². The van der Waals surface area contributed by atoms with E-state index >= 15 is 0 Å². The Morgan fingerprint density at radius 2 is 2.38 bits per heavy atom. The standard InChI is InChI=1S/C11H13N4O5P/c1-18-21(17)19-4-7-2-3-8(20-7)15-6-14-9-10(15)12-5-13-11(9)16/h5-8H,2-4H2,1H3/p+1. The van der Waals surface area contributed by atoms with Crippen LogP contribution in [0.25, 0.3) is 11.2 Å². The van der Waals surface area contributed by atoms with Gasteiger partial charge in [-0.2, -0.15) is 0 Å². The smallest absolute Gasteiger partial charge is 0.352 e. The van der Waals surface area contributed by atoms with E-state index < -0.39 is 8.25 Å². The maximum Gasteiger partial charge on any atom is 0.697 e. The number of ether oxygens (including phenoxy) is 1. The number of imidazole rings is 1. The summed E-state index contributed by atoms with van der Waals surface area (Å²) in [5, 5.41) is 0. The molecule has 2 aromatic rings. The summed E-state index contributed by atoms with van der Waals surface area (Å²) in [7, 11) is -0.776. The van der Waals surface area contributed by atoms with Gasteiger partial charge in [-0.1, -0.05) is 0 Å². The van der Waals surface area contributed by atoms with Crippen LogP contribution in [0.2, 0.25) is 0 Å². The molecule has 2 aromatic heterocycles. The maximum atomic E-state index is 11.6. The SMILES string of the molecule is CO[P+](=O)OCC1CCC(n2cnc3c(=O)[nH]cnc32)O1. The first kappa shape index (κ1) is 14.3. The molecule has 21 heavy (non-hydrogen) atoms. The number of fused-ring (bicyclic) bond motifs is 1. The van der Waals surface area contributed by atoms with Crippen molar-refractivity contribution in [1.82, 2.24) is 19.5 Å². The third-order valence-electron chi connectivity index (χ3n) is 3.28. The van der Waals surface area contributed by atoms with Gasteiger partial charge in [-0.15, -0.1) is 9.05 Å². The molecule has 10 heteroatoms. The normalized spacial score (nSPS) is 22.8. The van der Waals surface area contributed by atoms with Crippen LogP contribution in [0.4, 0.5) is 0 Å². The zero-order valence-corrected chi connectivity index (χ0v) is 12.2. The van der Waals surface area contributed by atoms with Crippen molar-refractivity contribution < 1.29 is 18.3 Å². The molecule has 0 amide bonds. The number of rotatable bonds is 5. The van der Waals surface area contributed by atoms with Crippen LogP contribution < -0.4 is 5.56 Å². The lowest BCUT2D eigenvalue weighted by Gasteiger charge is -2.13. The molecule has 3 heterocycles. The summed E-state index contributed by atoms with van der Waals surface area (Å²) >= 11 is 0. The molecule has 3 unspecified atom stereocenters. The molecular weight excluding hydrogens is 299 g/mol. The molecule has 3 rings (SSSR count). The Hall–Kier alpha value is -1.67. The van der Waals surface area contributed by atoms with Crippen LogP contribution in [0.5, 0.6) is 0 Å². The van der Waals surface area contributed by atoms with Crippen LogP contribution in [0.3, 0.4) is 0 Å².